The molecule has 3 aromatic rings. The van der Waals surface area contributed by atoms with Crippen LogP contribution in [0.2, 0.25) is 5.02 Å². The van der Waals surface area contributed by atoms with Gasteiger partial charge in [-0.25, -0.2) is 4.99 Å². The predicted molar refractivity (Wildman–Crippen MR) is 132 cm³/mol. The number of fused-ring (bicyclic) bond motifs is 2. The van der Waals surface area contributed by atoms with Crippen molar-refractivity contribution < 1.29 is 9.53 Å². The van der Waals surface area contributed by atoms with E-state index in [-0.39, 0.29) is 5.91 Å². The maximum atomic E-state index is 13.1. The predicted octanol–water partition coefficient (Wildman–Crippen LogP) is 5.99. The average Bonchev–Trinajstić information content (AvgIpc) is 3.13. The van der Waals surface area contributed by atoms with Crippen molar-refractivity contribution in [2.45, 2.75) is 20.3 Å². The maximum Gasteiger partial charge on any atom is 0.253 e. The zero-order chi connectivity index (χ0) is 22.9. The van der Waals surface area contributed by atoms with Crippen LogP contribution in [0.15, 0.2) is 65.7 Å². The molecule has 0 bridgehead atoms. The molecule has 5 nitrogen and oxygen atoms in total. The molecule has 1 amide bonds. The second-order valence-corrected chi connectivity index (χ2v) is 9.09. The molecule has 0 unspecified atom stereocenters. The van der Waals surface area contributed by atoms with Crippen molar-refractivity contribution in [3.63, 3.8) is 0 Å². The monoisotopic (exact) mass is 459 g/mol. The molecule has 168 valence electrons. The van der Waals surface area contributed by atoms with E-state index in [1.807, 2.05) is 35.2 Å². The molecule has 2 aliphatic rings. The van der Waals surface area contributed by atoms with Crippen LogP contribution in [0, 0.1) is 13.8 Å². The Morgan fingerprint density at radius 1 is 0.909 bits per heavy atom. The van der Waals surface area contributed by atoms with Gasteiger partial charge in [-0.1, -0.05) is 35.4 Å². The summed E-state index contributed by atoms with van der Waals surface area (Å²) >= 11 is 6.11. The zero-order valence-electron chi connectivity index (χ0n) is 18.8. The van der Waals surface area contributed by atoms with Crippen LogP contribution in [-0.2, 0) is 0 Å². The average molecular weight is 460 g/mol. The van der Waals surface area contributed by atoms with Crippen LogP contribution in [0.25, 0.3) is 0 Å². The standard InChI is InChI=1S/C27H26ClN3O2/c1-18-8-10-24-22(15-18)26(29-23-9-7-19(2)16-25(23)33-24)30-11-4-12-31(14-13-30)27(32)20-5-3-6-21(28)17-20/h3,5-10,15-17H,4,11-14H2,1-2H3. The van der Waals surface area contributed by atoms with Crippen molar-refractivity contribution in [3.05, 3.63) is 87.9 Å². The van der Waals surface area contributed by atoms with Crippen molar-refractivity contribution in [2.24, 2.45) is 4.99 Å². The highest BCUT2D eigenvalue weighted by Crippen LogP contribution is 2.39. The van der Waals surface area contributed by atoms with Gasteiger partial charge in [0.25, 0.3) is 5.91 Å². The number of carbonyl (C=O) groups is 1. The molecule has 0 N–H and O–H groups in total. The fraction of sp³-hybridized carbons (Fsp3) is 0.259. The van der Waals surface area contributed by atoms with Gasteiger partial charge in [-0.2, -0.15) is 0 Å². The van der Waals surface area contributed by atoms with Crippen molar-refractivity contribution in [1.82, 2.24) is 9.80 Å². The molecule has 1 fully saturated rings. The number of rotatable bonds is 1. The van der Waals surface area contributed by atoms with Crippen LogP contribution in [0.1, 0.15) is 33.5 Å². The van der Waals surface area contributed by atoms with E-state index in [0.29, 0.717) is 30.2 Å². The van der Waals surface area contributed by atoms with Crippen molar-refractivity contribution in [2.75, 3.05) is 26.2 Å². The number of amides is 1. The number of halogens is 1. The van der Waals surface area contributed by atoms with E-state index in [1.54, 1.807) is 12.1 Å². The first-order chi connectivity index (χ1) is 16.0. The molecular formula is C27H26ClN3O2. The van der Waals surface area contributed by atoms with Gasteiger partial charge in [0.2, 0.25) is 0 Å². The van der Waals surface area contributed by atoms with Crippen molar-refractivity contribution >= 4 is 29.0 Å². The molecule has 0 saturated carbocycles. The van der Waals surface area contributed by atoms with E-state index < -0.39 is 0 Å². The molecule has 0 radical (unpaired) electrons. The Bertz CT molecular complexity index is 1250. The Kier molecular flexibility index (Phi) is 5.81. The van der Waals surface area contributed by atoms with E-state index in [1.165, 1.54) is 0 Å². The lowest BCUT2D eigenvalue weighted by molar-refractivity contribution is 0.0764. The van der Waals surface area contributed by atoms with Crippen LogP contribution in [-0.4, -0.2) is 47.7 Å². The highest BCUT2D eigenvalue weighted by Gasteiger charge is 2.26. The molecule has 3 aromatic carbocycles. The minimum absolute atomic E-state index is 0.0163. The largest absolute Gasteiger partial charge is 0.454 e. The molecule has 5 rings (SSSR count). The van der Waals surface area contributed by atoms with Crippen molar-refractivity contribution in [1.29, 1.82) is 0 Å². The molecule has 1 saturated heterocycles. The summed E-state index contributed by atoms with van der Waals surface area (Å²) in [5, 5.41) is 0.575. The Morgan fingerprint density at radius 3 is 2.58 bits per heavy atom. The van der Waals surface area contributed by atoms with Gasteiger partial charge >= 0.3 is 0 Å². The first-order valence-electron chi connectivity index (χ1n) is 11.3. The number of amidine groups is 1. The van der Waals surface area contributed by atoms with Gasteiger partial charge in [-0.15, -0.1) is 0 Å². The number of hydrogen-bond donors (Lipinski definition) is 0. The molecule has 2 aliphatic heterocycles. The van der Waals surface area contributed by atoms with E-state index in [2.05, 4.69) is 36.9 Å². The molecule has 0 atom stereocenters. The summed E-state index contributed by atoms with van der Waals surface area (Å²) < 4.78 is 6.30. The zero-order valence-corrected chi connectivity index (χ0v) is 19.6. The summed E-state index contributed by atoms with van der Waals surface area (Å²) in [7, 11) is 0. The SMILES string of the molecule is Cc1ccc2c(c1)Oc1ccc(C)cc1C(N1CCCN(C(=O)c3cccc(Cl)c3)CC1)=N2. The lowest BCUT2D eigenvalue weighted by Crippen LogP contribution is -2.37. The first-order valence-corrected chi connectivity index (χ1v) is 11.6. The van der Waals surface area contributed by atoms with Crippen LogP contribution in [0.4, 0.5) is 5.69 Å². The minimum Gasteiger partial charge on any atom is -0.454 e. The third-order valence-corrected chi connectivity index (χ3v) is 6.33. The fourth-order valence-corrected chi connectivity index (χ4v) is 4.56. The van der Waals surface area contributed by atoms with Gasteiger partial charge in [0, 0.05) is 36.8 Å². The molecular weight excluding hydrogens is 434 g/mol. The van der Waals surface area contributed by atoms with Crippen LogP contribution >= 0.6 is 11.6 Å². The highest BCUT2D eigenvalue weighted by atomic mass is 35.5. The molecule has 0 spiro atoms. The Balaban J connectivity index is 1.46. The Labute approximate surface area is 199 Å². The van der Waals surface area contributed by atoms with Gasteiger partial charge in [-0.3, -0.25) is 4.79 Å². The van der Waals surface area contributed by atoms with Gasteiger partial charge in [0.1, 0.15) is 17.3 Å². The van der Waals surface area contributed by atoms with Gasteiger partial charge in [-0.05, 0) is 68.3 Å². The van der Waals surface area contributed by atoms with Gasteiger partial charge in [0.15, 0.2) is 5.75 Å². The quantitative estimate of drug-likeness (QED) is 0.449. The van der Waals surface area contributed by atoms with Crippen molar-refractivity contribution in [3.8, 4) is 11.5 Å². The third kappa shape index (κ3) is 4.46. The Morgan fingerprint density at radius 2 is 1.73 bits per heavy atom. The third-order valence-electron chi connectivity index (χ3n) is 6.09. The van der Waals surface area contributed by atoms with Crippen LogP contribution < -0.4 is 4.74 Å². The first kappa shape index (κ1) is 21.5. The smallest absolute Gasteiger partial charge is 0.253 e. The second-order valence-electron chi connectivity index (χ2n) is 8.65. The minimum atomic E-state index is 0.0163. The summed E-state index contributed by atoms with van der Waals surface area (Å²) in [6.07, 6.45) is 0.855. The summed E-state index contributed by atoms with van der Waals surface area (Å²) in [5.74, 6) is 2.48. The van der Waals surface area contributed by atoms with Gasteiger partial charge in [0.05, 0.1) is 5.56 Å². The topological polar surface area (TPSA) is 45.1 Å². The highest BCUT2D eigenvalue weighted by molar-refractivity contribution is 6.30. The Hall–Kier alpha value is -3.31. The van der Waals surface area contributed by atoms with Crippen LogP contribution in [0.5, 0.6) is 11.5 Å². The summed E-state index contributed by atoms with van der Waals surface area (Å²) in [6.45, 7) is 6.95. The number of nitrogens with zero attached hydrogens (tertiary/aromatic N) is 3. The lowest BCUT2D eigenvalue weighted by atomic mass is 10.1. The molecule has 0 aromatic heterocycles. The number of ether oxygens (including phenoxy) is 1. The summed E-state index contributed by atoms with van der Waals surface area (Å²) in [4.78, 5) is 22.3. The maximum absolute atomic E-state index is 13.1. The normalized spacial score (nSPS) is 15.5. The summed E-state index contributed by atoms with van der Waals surface area (Å²) in [6, 6.07) is 19.5. The molecule has 0 aliphatic carbocycles. The second kappa shape index (κ2) is 8.91. The van der Waals surface area contributed by atoms with E-state index >= 15 is 0 Å². The van der Waals surface area contributed by atoms with Gasteiger partial charge < -0.3 is 14.5 Å². The fourth-order valence-electron chi connectivity index (χ4n) is 4.37. The summed E-state index contributed by atoms with van der Waals surface area (Å²) in [5.41, 5.74) is 4.71. The van der Waals surface area contributed by atoms with E-state index in [9.17, 15) is 4.79 Å². The number of aliphatic imine (C=N–C) groups is 1. The van der Waals surface area contributed by atoms with Crippen LogP contribution in [0.3, 0.4) is 0 Å². The van der Waals surface area contributed by atoms with E-state index in [4.69, 9.17) is 21.3 Å². The lowest BCUT2D eigenvalue weighted by Gasteiger charge is -2.25. The molecule has 6 heteroatoms. The number of carbonyl (C=O) groups excluding carboxylic acids is 1. The number of hydrogen-bond acceptors (Lipinski definition) is 4. The number of aryl methyl sites for hydroxylation is 2. The number of benzene rings is 3. The molecule has 33 heavy (non-hydrogen) atoms. The van der Waals surface area contributed by atoms with E-state index in [0.717, 1.165) is 52.7 Å². The molecule has 2 heterocycles.